The molecule has 0 aliphatic heterocycles. The van der Waals surface area contributed by atoms with Crippen molar-refractivity contribution in [2.75, 3.05) is 0 Å². The van der Waals surface area contributed by atoms with E-state index in [1.807, 2.05) is 0 Å². The van der Waals surface area contributed by atoms with Gasteiger partial charge in [-0.05, 0) is 22.3 Å². The van der Waals surface area contributed by atoms with Crippen LogP contribution in [0.25, 0.3) is 22.3 Å². The Labute approximate surface area is 337 Å². The summed E-state index contributed by atoms with van der Waals surface area (Å²) in [4.78, 5) is 0. The van der Waals surface area contributed by atoms with E-state index in [9.17, 15) is 8.63 Å². The monoisotopic (exact) mass is 777 g/mol. The Morgan fingerprint density at radius 3 is 0.589 bits per heavy atom. The lowest BCUT2D eigenvalue weighted by molar-refractivity contribution is -0.709. The topological polar surface area (TPSA) is 108 Å². The molecule has 4 aromatic heterocycles. The average molecular weight is 777 g/mol. The van der Waals surface area contributed by atoms with Crippen LogP contribution in [0.3, 0.4) is 0 Å². The maximum Gasteiger partial charge on any atom is 0.179 e. The largest absolute Gasteiger partial charge is 0.867 e. The lowest BCUT2D eigenvalue weighted by Crippen LogP contribution is -2.41. The zero-order valence-corrected chi connectivity index (χ0v) is 36.4. The SMILES string of the molecule is CCCC[n+]1c(C)cc(-c2cc(C)[n+](CCCC)c(C)c2)cc1C.CCCC[n+]1c(C)cc(-c2cc(C)[n+](CCCC)c(C)c2)cc1C.[O-]B([O-])F.[O-]B([O-])F. The van der Waals surface area contributed by atoms with E-state index < -0.39 is 14.8 Å². The minimum absolute atomic E-state index is 1.12. The molecule has 0 fully saturated rings. The highest BCUT2D eigenvalue weighted by Crippen LogP contribution is 2.23. The number of hydrogen-bond acceptors (Lipinski definition) is 4. The van der Waals surface area contributed by atoms with Crippen molar-refractivity contribution in [3.8, 4) is 22.3 Å². The number of aromatic nitrogens is 4. The predicted octanol–water partition coefficient (Wildman–Crippen LogP) is 4.85. The molecule has 0 radical (unpaired) electrons. The van der Waals surface area contributed by atoms with E-state index >= 15 is 0 Å². The molecule has 4 heterocycles. The Kier molecular flexibility index (Phi) is 23.8. The highest BCUT2D eigenvalue weighted by atomic mass is 19.1. The van der Waals surface area contributed by atoms with E-state index in [0.717, 1.165) is 26.2 Å². The fourth-order valence-corrected chi connectivity index (χ4v) is 7.05. The first-order valence-electron chi connectivity index (χ1n) is 20.4. The first kappa shape index (κ1) is 50.4. The lowest BCUT2D eigenvalue weighted by Gasteiger charge is -2.10. The average Bonchev–Trinajstić information content (AvgIpc) is 3.10. The smallest absolute Gasteiger partial charge is 0.179 e. The van der Waals surface area contributed by atoms with Crippen LogP contribution in [0.2, 0.25) is 0 Å². The molecule has 0 aliphatic rings. The molecule has 0 saturated carbocycles. The normalized spacial score (nSPS) is 10.5. The number of rotatable bonds is 14. The molecule has 0 aromatic carbocycles. The van der Waals surface area contributed by atoms with Crippen molar-refractivity contribution < 1.29 is 47.0 Å². The third-order valence-electron chi connectivity index (χ3n) is 9.93. The van der Waals surface area contributed by atoms with Crippen LogP contribution in [0.15, 0.2) is 48.5 Å². The highest BCUT2D eigenvalue weighted by molar-refractivity contribution is 6.27. The first-order valence-corrected chi connectivity index (χ1v) is 20.4. The van der Waals surface area contributed by atoms with Crippen LogP contribution in [-0.2, 0) is 26.2 Å². The van der Waals surface area contributed by atoms with E-state index in [1.165, 1.54) is 119 Å². The Morgan fingerprint density at radius 2 is 0.482 bits per heavy atom. The molecule has 56 heavy (non-hydrogen) atoms. The molecule has 0 bridgehead atoms. The van der Waals surface area contributed by atoms with E-state index in [0.29, 0.717) is 0 Å². The molecule has 0 N–H and O–H groups in total. The van der Waals surface area contributed by atoms with E-state index in [1.54, 1.807) is 0 Å². The molecular formula is C44H68B2F2N4O4. The van der Waals surface area contributed by atoms with Gasteiger partial charge in [-0.25, -0.2) is 18.3 Å². The molecule has 0 spiro atoms. The van der Waals surface area contributed by atoms with Gasteiger partial charge in [-0.2, -0.15) is 0 Å². The van der Waals surface area contributed by atoms with Gasteiger partial charge in [0.1, 0.15) is 41.0 Å². The molecule has 0 amide bonds. The summed E-state index contributed by atoms with van der Waals surface area (Å²) in [5.41, 5.74) is 16.2. The second-order valence-corrected chi connectivity index (χ2v) is 14.7. The van der Waals surface area contributed by atoms with Crippen LogP contribution < -0.4 is 38.4 Å². The summed E-state index contributed by atoms with van der Waals surface area (Å²) in [5, 5.41) is 33.2. The van der Waals surface area contributed by atoms with Gasteiger partial charge in [0.25, 0.3) is 0 Å². The van der Waals surface area contributed by atoms with Gasteiger partial charge in [-0.15, -0.1) is 0 Å². The van der Waals surface area contributed by atoms with Gasteiger partial charge in [0, 0.05) is 130 Å². The molecular weight excluding hydrogens is 708 g/mol. The second-order valence-electron chi connectivity index (χ2n) is 14.7. The second kappa shape index (κ2) is 26.4. The minimum atomic E-state index is -3.17. The van der Waals surface area contributed by atoms with Gasteiger partial charge in [0.2, 0.25) is 0 Å². The summed E-state index contributed by atoms with van der Waals surface area (Å²) in [6.07, 6.45) is 9.93. The van der Waals surface area contributed by atoms with Crippen LogP contribution in [0.5, 0.6) is 0 Å². The molecule has 4 aromatic rings. The Morgan fingerprint density at radius 1 is 0.357 bits per heavy atom. The number of nitrogens with zero attached hydrogens (tertiary/aromatic N) is 4. The summed E-state index contributed by atoms with van der Waals surface area (Å²) < 4.78 is 29.5. The Hall–Kier alpha value is -3.57. The van der Waals surface area contributed by atoms with Crippen molar-refractivity contribution in [2.24, 2.45) is 0 Å². The number of hydrogen-bond donors (Lipinski definition) is 0. The number of unbranched alkanes of at least 4 members (excludes halogenated alkanes) is 4. The zero-order valence-electron chi connectivity index (χ0n) is 36.4. The van der Waals surface area contributed by atoms with Gasteiger partial charge in [-0.1, -0.05) is 53.4 Å². The first-order chi connectivity index (χ1) is 26.4. The Balaban J connectivity index is 0.000000470. The van der Waals surface area contributed by atoms with Gasteiger partial charge in [-0.3, -0.25) is 0 Å². The van der Waals surface area contributed by atoms with Gasteiger partial charge in [0.05, 0.1) is 0 Å². The summed E-state index contributed by atoms with van der Waals surface area (Å²) in [7, 11) is -6.33. The molecule has 0 aliphatic carbocycles. The molecule has 12 heteroatoms. The van der Waals surface area contributed by atoms with E-state index in [4.69, 9.17) is 20.1 Å². The molecule has 8 nitrogen and oxygen atoms in total. The third-order valence-corrected chi connectivity index (χ3v) is 9.93. The van der Waals surface area contributed by atoms with Crippen LogP contribution in [0.1, 0.15) is 125 Å². The van der Waals surface area contributed by atoms with Crippen molar-refractivity contribution in [1.29, 1.82) is 0 Å². The zero-order chi connectivity index (χ0) is 42.5. The number of pyridine rings is 4. The quantitative estimate of drug-likeness (QED) is 0.135. The van der Waals surface area contributed by atoms with Crippen LogP contribution in [0, 0.1) is 55.4 Å². The Bertz CT molecular complexity index is 1440. The lowest BCUT2D eigenvalue weighted by atomic mass is 10.0. The van der Waals surface area contributed by atoms with E-state index in [-0.39, 0.29) is 0 Å². The molecule has 4 rings (SSSR count). The molecule has 0 unspecified atom stereocenters. The maximum absolute atomic E-state index is 9.89. The van der Waals surface area contributed by atoms with Crippen LogP contribution in [-0.4, -0.2) is 14.8 Å². The summed E-state index contributed by atoms with van der Waals surface area (Å²) in [6.45, 7) is 31.4. The minimum Gasteiger partial charge on any atom is -0.867 e. The van der Waals surface area contributed by atoms with Crippen molar-refractivity contribution in [3.05, 3.63) is 94.1 Å². The highest BCUT2D eigenvalue weighted by Gasteiger charge is 2.19. The summed E-state index contributed by atoms with van der Waals surface area (Å²) in [5.74, 6) is 0. The third kappa shape index (κ3) is 17.3. The van der Waals surface area contributed by atoms with Crippen molar-refractivity contribution in [3.63, 3.8) is 0 Å². The predicted molar refractivity (Wildman–Crippen MR) is 216 cm³/mol. The fraction of sp³-hybridized carbons (Fsp3) is 0.545. The number of halogens is 2. The summed E-state index contributed by atoms with van der Waals surface area (Å²) in [6, 6.07) is 18.7. The van der Waals surface area contributed by atoms with Crippen molar-refractivity contribution >= 4 is 14.8 Å². The fourth-order valence-electron chi connectivity index (χ4n) is 7.05. The van der Waals surface area contributed by atoms with Crippen molar-refractivity contribution in [1.82, 2.24) is 0 Å². The van der Waals surface area contributed by atoms with Gasteiger partial charge >= 0.3 is 0 Å². The maximum atomic E-state index is 9.89. The van der Waals surface area contributed by atoms with Crippen LogP contribution in [0.4, 0.5) is 8.63 Å². The van der Waals surface area contributed by atoms with Crippen molar-refractivity contribution in [2.45, 2.75) is 161 Å². The van der Waals surface area contributed by atoms with Gasteiger partial charge in [0.15, 0.2) is 45.6 Å². The molecule has 0 atom stereocenters. The van der Waals surface area contributed by atoms with Gasteiger partial charge < -0.3 is 28.7 Å². The van der Waals surface area contributed by atoms with Crippen LogP contribution >= 0.6 is 0 Å². The number of aryl methyl sites for hydroxylation is 8. The summed E-state index contributed by atoms with van der Waals surface area (Å²) >= 11 is 0. The molecule has 0 saturated heterocycles. The van der Waals surface area contributed by atoms with E-state index in [2.05, 4.69) is 150 Å². The standard InChI is InChI=1S/2C22H34N2.2BFO2/c2*1-7-9-11-23-17(3)13-21(14-18(23)4)22-15-19(5)24(12-10-8-2)20(6)16-22;2*2-1(3)4/h2*13-16H,7-12H2,1-6H3;;/q2*+2;2*-2. The molecule has 308 valence electrons.